The Balaban J connectivity index is 2.41. The van der Waals surface area contributed by atoms with Crippen LogP contribution in [0.5, 0.6) is 0 Å². The highest BCUT2D eigenvalue weighted by Gasteiger charge is 2.17. The van der Waals surface area contributed by atoms with Gasteiger partial charge in [-0.2, -0.15) is 0 Å². The highest BCUT2D eigenvalue weighted by molar-refractivity contribution is 9.10. The molecule has 0 heterocycles. The summed E-state index contributed by atoms with van der Waals surface area (Å²) in [6.45, 7) is 3.52. The number of aryl methyl sites for hydroxylation is 2. The zero-order chi connectivity index (χ0) is 14.9. The first-order valence-corrected chi connectivity index (χ1v) is 8.12. The Morgan fingerprint density at radius 2 is 1.70 bits per heavy atom. The van der Waals surface area contributed by atoms with Crippen molar-refractivity contribution in [3.8, 4) is 0 Å². The molecule has 106 valence electrons. The molecule has 2 aromatic rings. The van der Waals surface area contributed by atoms with Gasteiger partial charge in [0.25, 0.3) is 10.0 Å². The smallest absolute Gasteiger partial charge is 0.261 e. The van der Waals surface area contributed by atoms with Gasteiger partial charge in [-0.1, -0.05) is 17.7 Å². The van der Waals surface area contributed by atoms with Crippen molar-refractivity contribution >= 4 is 31.6 Å². The first kappa shape index (κ1) is 15.0. The van der Waals surface area contributed by atoms with Crippen molar-refractivity contribution in [3.05, 3.63) is 57.8 Å². The third kappa shape index (κ3) is 3.19. The monoisotopic (exact) mass is 357 g/mol. The first-order chi connectivity index (χ1) is 9.29. The van der Waals surface area contributed by atoms with Gasteiger partial charge >= 0.3 is 0 Å². The fourth-order valence-corrected chi connectivity index (χ4v) is 3.66. The Kier molecular flexibility index (Phi) is 4.15. The van der Waals surface area contributed by atoms with Gasteiger partial charge in [-0.15, -0.1) is 0 Å². The summed E-state index contributed by atoms with van der Waals surface area (Å²) >= 11 is 3.17. The fraction of sp³-hybridized carbons (Fsp3) is 0.143. The highest BCUT2D eigenvalue weighted by atomic mass is 79.9. The van der Waals surface area contributed by atoms with E-state index < -0.39 is 15.8 Å². The summed E-state index contributed by atoms with van der Waals surface area (Å²) in [6, 6.07) is 9.01. The van der Waals surface area contributed by atoms with Crippen LogP contribution in [0.1, 0.15) is 11.1 Å². The van der Waals surface area contributed by atoms with Crippen LogP contribution in [0.2, 0.25) is 0 Å². The summed E-state index contributed by atoms with van der Waals surface area (Å²) in [5, 5.41) is 0. The lowest BCUT2D eigenvalue weighted by molar-refractivity contribution is 0.600. The molecule has 0 aliphatic carbocycles. The number of anilines is 1. The van der Waals surface area contributed by atoms with Gasteiger partial charge < -0.3 is 0 Å². The lowest BCUT2D eigenvalue weighted by Crippen LogP contribution is -2.14. The molecule has 0 saturated heterocycles. The SMILES string of the molecule is Cc1ccc(S(=O)(=O)Nc2c(C)cc(F)cc2Br)cc1. The van der Waals surface area contributed by atoms with E-state index in [-0.39, 0.29) is 4.90 Å². The van der Waals surface area contributed by atoms with Gasteiger partial charge in [0.05, 0.1) is 10.6 Å². The molecule has 0 fully saturated rings. The predicted octanol–water partition coefficient (Wildman–Crippen LogP) is 4.01. The van der Waals surface area contributed by atoms with E-state index in [1.807, 2.05) is 6.92 Å². The summed E-state index contributed by atoms with van der Waals surface area (Å²) in [6.07, 6.45) is 0. The van der Waals surface area contributed by atoms with Crippen LogP contribution in [-0.4, -0.2) is 8.42 Å². The Morgan fingerprint density at radius 3 is 2.25 bits per heavy atom. The number of rotatable bonds is 3. The average Bonchev–Trinajstić information content (AvgIpc) is 2.34. The van der Waals surface area contributed by atoms with Crippen LogP contribution < -0.4 is 4.72 Å². The molecule has 1 N–H and O–H groups in total. The normalized spacial score (nSPS) is 11.4. The van der Waals surface area contributed by atoms with Crippen LogP contribution in [0.4, 0.5) is 10.1 Å². The Morgan fingerprint density at radius 1 is 1.10 bits per heavy atom. The summed E-state index contributed by atoms with van der Waals surface area (Å²) in [7, 11) is -3.69. The zero-order valence-corrected chi connectivity index (χ0v) is 13.3. The molecule has 0 spiro atoms. The molecule has 3 nitrogen and oxygen atoms in total. The van der Waals surface area contributed by atoms with Crippen LogP contribution >= 0.6 is 15.9 Å². The maximum atomic E-state index is 13.2. The molecule has 0 amide bonds. The topological polar surface area (TPSA) is 46.2 Å². The van der Waals surface area contributed by atoms with Crippen LogP contribution in [0.25, 0.3) is 0 Å². The van der Waals surface area contributed by atoms with Crippen molar-refractivity contribution in [2.45, 2.75) is 18.7 Å². The van der Waals surface area contributed by atoms with Gasteiger partial charge in [0.15, 0.2) is 0 Å². The van der Waals surface area contributed by atoms with Gasteiger partial charge in [-0.3, -0.25) is 4.72 Å². The molecular formula is C14H13BrFNO2S. The van der Waals surface area contributed by atoms with Crippen LogP contribution in [0.15, 0.2) is 45.8 Å². The van der Waals surface area contributed by atoms with E-state index in [1.54, 1.807) is 19.1 Å². The van der Waals surface area contributed by atoms with Crippen molar-refractivity contribution < 1.29 is 12.8 Å². The molecule has 0 unspecified atom stereocenters. The second-order valence-corrected chi connectivity index (χ2v) is 7.03. The van der Waals surface area contributed by atoms with Crippen molar-refractivity contribution in [1.82, 2.24) is 0 Å². The summed E-state index contributed by atoms with van der Waals surface area (Å²) < 4.78 is 40.6. The van der Waals surface area contributed by atoms with Crippen molar-refractivity contribution in [3.63, 3.8) is 0 Å². The number of hydrogen-bond acceptors (Lipinski definition) is 2. The first-order valence-electron chi connectivity index (χ1n) is 5.85. The minimum Gasteiger partial charge on any atom is -0.278 e. The van der Waals surface area contributed by atoms with E-state index >= 15 is 0 Å². The average molecular weight is 358 g/mol. The molecule has 0 saturated carbocycles. The van der Waals surface area contributed by atoms with E-state index in [0.717, 1.165) is 5.56 Å². The van der Waals surface area contributed by atoms with Gasteiger partial charge in [0.2, 0.25) is 0 Å². The minimum atomic E-state index is -3.69. The molecule has 0 aliphatic heterocycles. The van der Waals surface area contributed by atoms with Gasteiger partial charge in [-0.05, 0) is 59.6 Å². The number of sulfonamides is 1. The second kappa shape index (κ2) is 5.54. The molecule has 20 heavy (non-hydrogen) atoms. The fourth-order valence-electron chi connectivity index (χ4n) is 1.74. The summed E-state index contributed by atoms with van der Waals surface area (Å²) in [5.74, 6) is -0.423. The van der Waals surface area contributed by atoms with Crippen molar-refractivity contribution in [2.24, 2.45) is 0 Å². The second-order valence-electron chi connectivity index (χ2n) is 4.50. The Bertz CT molecular complexity index is 719. The summed E-state index contributed by atoms with van der Waals surface area (Å²) in [5.41, 5.74) is 1.82. The summed E-state index contributed by atoms with van der Waals surface area (Å²) in [4.78, 5) is 0.165. The van der Waals surface area contributed by atoms with Crippen LogP contribution in [-0.2, 0) is 10.0 Å². The lowest BCUT2D eigenvalue weighted by atomic mass is 10.2. The molecule has 0 bridgehead atoms. The Labute approximate surface area is 126 Å². The maximum absolute atomic E-state index is 13.2. The van der Waals surface area contributed by atoms with Gasteiger partial charge in [0, 0.05) is 4.47 Å². The van der Waals surface area contributed by atoms with Gasteiger partial charge in [0.1, 0.15) is 5.82 Å². The number of nitrogens with one attached hydrogen (secondary N) is 1. The third-order valence-electron chi connectivity index (χ3n) is 2.82. The van der Waals surface area contributed by atoms with E-state index in [9.17, 15) is 12.8 Å². The third-order valence-corrected chi connectivity index (χ3v) is 4.81. The number of halogens is 2. The Hall–Kier alpha value is -1.40. The van der Waals surface area contributed by atoms with E-state index in [0.29, 0.717) is 15.7 Å². The number of benzene rings is 2. The molecule has 0 atom stereocenters. The van der Waals surface area contributed by atoms with Crippen LogP contribution in [0.3, 0.4) is 0 Å². The minimum absolute atomic E-state index is 0.165. The molecule has 0 aromatic heterocycles. The molecule has 0 radical (unpaired) electrons. The lowest BCUT2D eigenvalue weighted by Gasteiger charge is -2.12. The molecular weight excluding hydrogens is 345 g/mol. The quantitative estimate of drug-likeness (QED) is 0.901. The number of hydrogen-bond donors (Lipinski definition) is 1. The zero-order valence-electron chi connectivity index (χ0n) is 10.9. The van der Waals surface area contributed by atoms with Gasteiger partial charge in [-0.25, -0.2) is 12.8 Å². The molecule has 2 rings (SSSR count). The molecule has 0 aliphatic rings. The van der Waals surface area contributed by atoms with E-state index in [4.69, 9.17) is 0 Å². The highest BCUT2D eigenvalue weighted by Crippen LogP contribution is 2.29. The standard InChI is InChI=1S/C14H13BrFNO2S/c1-9-3-5-12(6-4-9)20(18,19)17-14-10(2)7-11(16)8-13(14)15/h3-8,17H,1-2H3. The van der Waals surface area contributed by atoms with E-state index in [1.165, 1.54) is 24.3 Å². The largest absolute Gasteiger partial charge is 0.278 e. The molecule has 2 aromatic carbocycles. The molecule has 6 heteroatoms. The maximum Gasteiger partial charge on any atom is 0.261 e. The van der Waals surface area contributed by atoms with E-state index in [2.05, 4.69) is 20.7 Å². The van der Waals surface area contributed by atoms with Crippen LogP contribution in [0, 0.1) is 19.7 Å². The predicted molar refractivity (Wildman–Crippen MR) is 80.8 cm³/mol. The van der Waals surface area contributed by atoms with Crippen molar-refractivity contribution in [2.75, 3.05) is 4.72 Å². The van der Waals surface area contributed by atoms with Crippen molar-refractivity contribution in [1.29, 1.82) is 0 Å².